The molecule has 31 heavy (non-hydrogen) atoms. The van der Waals surface area contributed by atoms with Crippen molar-refractivity contribution in [3.63, 3.8) is 0 Å². The van der Waals surface area contributed by atoms with E-state index >= 15 is 0 Å². The maximum Gasteiger partial charge on any atom is 1.00 e. The van der Waals surface area contributed by atoms with Gasteiger partial charge in [-0.15, -0.1) is 0 Å². The number of aliphatic carboxylic acids is 1. The van der Waals surface area contributed by atoms with E-state index < -0.39 is 31.6 Å². The van der Waals surface area contributed by atoms with Gasteiger partial charge in [-0.3, -0.25) is 13.9 Å². The Morgan fingerprint density at radius 3 is 2.26 bits per heavy atom. The van der Waals surface area contributed by atoms with Crippen LogP contribution in [0.3, 0.4) is 0 Å². The summed E-state index contributed by atoms with van der Waals surface area (Å²) in [7, 11) is -8.48. The molecule has 3 N–H and O–H groups in total. The molecule has 0 bridgehead atoms. The van der Waals surface area contributed by atoms with Crippen molar-refractivity contribution in [3.8, 4) is 0 Å². The Hall–Kier alpha value is -0.820. The van der Waals surface area contributed by atoms with E-state index in [1.165, 1.54) is 12.1 Å². The van der Waals surface area contributed by atoms with Crippen LogP contribution in [0.5, 0.6) is 0 Å². The van der Waals surface area contributed by atoms with Crippen molar-refractivity contribution >= 4 is 37.6 Å². The third-order valence-corrected chi connectivity index (χ3v) is 7.36. The van der Waals surface area contributed by atoms with Crippen molar-refractivity contribution in [1.82, 2.24) is 0 Å². The van der Waals surface area contributed by atoms with E-state index in [9.17, 15) is 26.2 Å². The first-order chi connectivity index (χ1) is 13.8. The van der Waals surface area contributed by atoms with Crippen molar-refractivity contribution < 1.29 is 70.0 Å². The summed E-state index contributed by atoms with van der Waals surface area (Å²) in [5.41, 5.74) is 1.78. The summed E-state index contributed by atoms with van der Waals surface area (Å²) in [4.78, 5) is 10.5. The summed E-state index contributed by atoms with van der Waals surface area (Å²) in [5.74, 6) is -1.24. The number of nitrogens with zero attached hydrogens (tertiary/aromatic N) is 1. The van der Waals surface area contributed by atoms with Gasteiger partial charge in [-0.05, 0) is 31.9 Å². The van der Waals surface area contributed by atoms with E-state index in [0.29, 0.717) is 31.4 Å². The number of fused-ring (bicyclic) bond motifs is 1. The zero-order valence-electron chi connectivity index (χ0n) is 18.0. The third kappa shape index (κ3) is 7.34. The molecule has 9 nitrogen and oxygen atoms in total. The number of hydrogen-bond donors (Lipinski definition) is 3. The zero-order chi connectivity index (χ0) is 22.7. The Morgan fingerprint density at radius 1 is 1.06 bits per heavy atom. The minimum absolute atomic E-state index is 0. The number of benzene rings is 1. The normalized spacial score (nSPS) is 18.6. The molecule has 0 aromatic heterocycles. The Kier molecular flexibility index (Phi) is 9.89. The molecule has 0 aliphatic carbocycles. The Balaban J connectivity index is 0.00000480. The van der Waals surface area contributed by atoms with Crippen LogP contribution in [0, 0.1) is 0 Å². The molecule has 1 aliphatic rings. The molecule has 0 radical (unpaired) electrons. The van der Waals surface area contributed by atoms with Crippen LogP contribution < -0.4 is 29.6 Å². The van der Waals surface area contributed by atoms with E-state index in [1.807, 2.05) is 18.4 Å². The summed E-state index contributed by atoms with van der Waals surface area (Å²) in [6.07, 6.45) is 2.87. The van der Waals surface area contributed by atoms with E-state index in [-0.39, 0.29) is 53.0 Å². The number of carbonyl (C=O) groups is 1. The molecule has 1 aromatic carbocycles. The molecule has 1 aromatic rings. The summed E-state index contributed by atoms with van der Waals surface area (Å²) < 4.78 is 65.8. The SMILES string of the molecule is CC1=[N+](CCCS(=O)(=O)O)c2ccc(S(=O)(=O)O)cc2C1(C)CCCCCC(=O)O.[Na+]. The first kappa shape index (κ1) is 28.2. The van der Waals surface area contributed by atoms with Crippen LogP contribution in [0.1, 0.15) is 57.9 Å². The Bertz CT molecular complexity index is 1070. The van der Waals surface area contributed by atoms with E-state index in [4.69, 9.17) is 9.66 Å². The predicted octanol–water partition coefficient (Wildman–Crippen LogP) is -0.373. The van der Waals surface area contributed by atoms with Gasteiger partial charge in [0.1, 0.15) is 6.54 Å². The summed E-state index contributed by atoms with van der Waals surface area (Å²) in [6.45, 7) is 4.16. The Labute approximate surface area is 205 Å². The van der Waals surface area contributed by atoms with Gasteiger partial charge in [0.2, 0.25) is 5.69 Å². The Morgan fingerprint density at radius 2 is 1.71 bits per heavy atom. The largest absolute Gasteiger partial charge is 1.00 e. The topological polar surface area (TPSA) is 149 Å². The molecule has 168 valence electrons. The molecule has 0 saturated heterocycles. The third-order valence-electron chi connectivity index (χ3n) is 5.71. The van der Waals surface area contributed by atoms with Gasteiger partial charge in [0.15, 0.2) is 5.71 Å². The minimum atomic E-state index is -4.39. The van der Waals surface area contributed by atoms with Crippen molar-refractivity contribution in [2.24, 2.45) is 0 Å². The van der Waals surface area contributed by atoms with E-state index in [2.05, 4.69) is 0 Å². The molecule has 12 heteroatoms. The second kappa shape index (κ2) is 10.9. The second-order valence-electron chi connectivity index (χ2n) is 7.82. The van der Waals surface area contributed by atoms with Gasteiger partial charge >= 0.3 is 35.5 Å². The van der Waals surface area contributed by atoms with Gasteiger partial charge in [0.05, 0.1) is 16.1 Å². The number of unbranched alkanes of at least 4 members (excludes halogenated alkanes) is 2. The average molecular weight is 486 g/mol. The molecule has 2 rings (SSSR count). The average Bonchev–Trinajstić information content (AvgIpc) is 2.81. The van der Waals surface area contributed by atoms with Gasteiger partial charge in [0.25, 0.3) is 20.2 Å². The second-order valence-corrected chi connectivity index (χ2v) is 10.8. The van der Waals surface area contributed by atoms with Crippen molar-refractivity contribution in [3.05, 3.63) is 23.8 Å². The fourth-order valence-electron chi connectivity index (χ4n) is 3.97. The molecule has 0 amide bonds. The van der Waals surface area contributed by atoms with Crippen LogP contribution in [-0.4, -0.2) is 59.6 Å². The molecule has 1 heterocycles. The maximum absolute atomic E-state index is 11.6. The van der Waals surface area contributed by atoms with Crippen LogP contribution >= 0.6 is 0 Å². The summed E-state index contributed by atoms with van der Waals surface area (Å²) in [5, 5.41) is 8.78. The number of carboxylic acids is 1. The van der Waals surface area contributed by atoms with Crippen LogP contribution in [-0.2, 0) is 30.4 Å². The first-order valence-electron chi connectivity index (χ1n) is 9.66. The van der Waals surface area contributed by atoms with Gasteiger partial charge < -0.3 is 5.11 Å². The van der Waals surface area contributed by atoms with Gasteiger partial charge in [0, 0.05) is 31.4 Å². The van der Waals surface area contributed by atoms with Crippen molar-refractivity contribution in [2.75, 3.05) is 12.3 Å². The number of rotatable bonds is 11. The fourth-order valence-corrected chi connectivity index (χ4v) is 4.97. The van der Waals surface area contributed by atoms with Gasteiger partial charge in [-0.2, -0.15) is 21.4 Å². The minimum Gasteiger partial charge on any atom is -0.481 e. The molecule has 0 fully saturated rings. The predicted molar refractivity (Wildman–Crippen MR) is 111 cm³/mol. The monoisotopic (exact) mass is 485 g/mol. The number of hydrogen-bond acceptors (Lipinski definition) is 5. The van der Waals surface area contributed by atoms with Gasteiger partial charge in [-0.25, -0.2) is 0 Å². The maximum atomic E-state index is 11.6. The standard InChI is InChI=1S/C19H27NO8S2.Na/c1-14-19(2,10-5-3-4-7-18(21)22)16-13-15(30(26,27)28)8-9-17(16)20(14)11-6-12-29(23,24)25;/h8-9,13H,3-7,10-12H2,1-2H3,(H2-,21,22,23,24,25,26,27,28);/q;+1/p+1. The van der Waals surface area contributed by atoms with Crippen LogP contribution in [0.25, 0.3) is 0 Å². The van der Waals surface area contributed by atoms with Crippen molar-refractivity contribution in [2.45, 2.75) is 62.7 Å². The fraction of sp³-hybridized carbons (Fsp3) is 0.579. The van der Waals surface area contributed by atoms with E-state index in [0.717, 1.165) is 17.8 Å². The zero-order valence-corrected chi connectivity index (χ0v) is 21.7. The van der Waals surface area contributed by atoms with Crippen LogP contribution in [0.15, 0.2) is 23.1 Å². The quantitative estimate of drug-likeness (QED) is 0.166. The first-order valence-corrected chi connectivity index (χ1v) is 12.7. The molecular formula is C19H28NNaO8S2+2. The van der Waals surface area contributed by atoms with Crippen LogP contribution in [0.4, 0.5) is 5.69 Å². The summed E-state index contributed by atoms with van der Waals surface area (Å²) >= 11 is 0. The molecule has 0 saturated carbocycles. The molecular weight excluding hydrogens is 457 g/mol. The molecule has 1 aliphatic heterocycles. The summed E-state index contributed by atoms with van der Waals surface area (Å²) in [6, 6.07) is 4.33. The molecule has 0 spiro atoms. The van der Waals surface area contributed by atoms with Crippen LogP contribution in [0.2, 0.25) is 0 Å². The smallest absolute Gasteiger partial charge is 0.481 e. The van der Waals surface area contributed by atoms with Crippen molar-refractivity contribution in [1.29, 1.82) is 0 Å². The number of carboxylic acid groups (broad SMARTS) is 1. The molecule has 1 unspecified atom stereocenters. The molecule has 1 atom stereocenters. The van der Waals surface area contributed by atoms with E-state index in [1.54, 1.807) is 6.07 Å². The van der Waals surface area contributed by atoms with Gasteiger partial charge in [-0.1, -0.05) is 12.8 Å².